The van der Waals surface area contributed by atoms with E-state index >= 15 is 0 Å². The van der Waals surface area contributed by atoms with E-state index in [1.165, 1.54) is 30.7 Å². The molecule has 2 fully saturated rings. The molecule has 1 aliphatic carbocycles. The number of piperazine rings is 1. The topological polar surface area (TPSA) is 50.1 Å². The molecular weight excluding hydrogens is 343 g/mol. The fourth-order valence-corrected chi connectivity index (χ4v) is 3.80. The fourth-order valence-electron chi connectivity index (χ4n) is 3.80. The number of anilines is 1. The molecule has 3 heterocycles. The standard InChI is InChI=1S/C20H23FN6/c21-16-3-4-19-18(11-16)24-14-27(19)10-7-25-5-8-26(9-6-25)20-12-17(15-1-2-15)22-13-23-20/h3-4,11-15H,1-2,5-10H2. The van der Waals surface area contributed by atoms with Crippen LogP contribution in [0.2, 0.25) is 0 Å². The largest absolute Gasteiger partial charge is 0.354 e. The number of hydrogen-bond acceptors (Lipinski definition) is 5. The zero-order valence-corrected chi connectivity index (χ0v) is 15.3. The molecule has 0 radical (unpaired) electrons. The molecule has 0 N–H and O–H groups in total. The minimum Gasteiger partial charge on any atom is -0.354 e. The van der Waals surface area contributed by atoms with Gasteiger partial charge in [-0.15, -0.1) is 0 Å². The highest BCUT2D eigenvalue weighted by Crippen LogP contribution is 2.39. The van der Waals surface area contributed by atoms with E-state index in [2.05, 4.69) is 35.4 Å². The van der Waals surface area contributed by atoms with Crippen molar-refractivity contribution in [1.82, 2.24) is 24.4 Å². The molecule has 0 amide bonds. The first-order chi connectivity index (χ1) is 13.3. The Bertz CT molecular complexity index is 943. The summed E-state index contributed by atoms with van der Waals surface area (Å²) in [4.78, 5) is 18.0. The van der Waals surface area contributed by atoms with E-state index in [9.17, 15) is 4.39 Å². The van der Waals surface area contributed by atoms with Gasteiger partial charge in [0.2, 0.25) is 0 Å². The smallest absolute Gasteiger partial charge is 0.132 e. The molecule has 2 aromatic heterocycles. The molecular formula is C20H23FN6. The van der Waals surface area contributed by atoms with Gasteiger partial charge in [-0.3, -0.25) is 4.90 Å². The van der Waals surface area contributed by atoms with Gasteiger partial charge < -0.3 is 9.47 Å². The van der Waals surface area contributed by atoms with E-state index in [1.54, 1.807) is 12.7 Å². The molecule has 1 aliphatic heterocycles. The number of rotatable bonds is 5. The van der Waals surface area contributed by atoms with Crippen molar-refractivity contribution >= 4 is 16.9 Å². The second-order valence-corrected chi connectivity index (χ2v) is 7.48. The summed E-state index contributed by atoms with van der Waals surface area (Å²) in [5.41, 5.74) is 2.91. The van der Waals surface area contributed by atoms with Gasteiger partial charge in [0.15, 0.2) is 0 Å². The molecule has 3 aromatic rings. The molecule has 6 nitrogen and oxygen atoms in total. The second kappa shape index (κ2) is 6.88. The summed E-state index contributed by atoms with van der Waals surface area (Å²) in [5.74, 6) is 1.49. The predicted molar refractivity (Wildman–Crippen MR) is 102 cm³/mol. The van der Waals surface area contributed by atoms with Gasteiger partial charge in [0.1, 0.15) is 18.0 Å². The van der Waals surface area contributed by atoms with Gasteiger partial charge in [-0.25, -0.2) is 19.3 Å². The number of fused-ring (bicyclic) bond motifs is 1. The highest BCUT2D eigenvalue weighted by Gasteiger charge is 2.26. The maximum absolute atomic E-state index is 13.3. The van der Waals surface area contributed by atoms with Crippen LogP contribution in [0, 0.1) is 5.82 Å². The van der Waals surface area contributed by atoms with Gasteiger partial charge in [0.25, 0.3) is 0 Å². The summed E-state index contributed by atoms with van der Waals surface area (Å²) in [6.07, 6.45) is 6.04. The molecule has 7 heteroatoms. The Morgan fingerprint density at radius 1 is 0.963 bits per heavy atom. The Labute approximate surface area is 157 Å². The highest BCUT2D eigenvalue weighted by molar-refractivity contribution is 5.75. The van der Waals surface area contributed by atoms with Crippen molar-refractivity contribution < 1.29 is 4.39 Å². The first kappa shape index (κ1) is 16.6. The van der Waals surface area contributed by atoms with Crippen molar-refractivity contribution in [1.29, 1.82) is 0 Å². The summed E-state index contributed by atoms with van der Waals surface area (Å²) >= 11 is 0. The van der Waals surface area contributed by atoms with Crippen LogP contribution in [0.3, 0.4) is 0 Å². The van der Waals surface area contributed by atoms with E-state index in [-0.39, 0.29) is 5.82 Å². The van der Waals surface area contributed by atoms with E-state index in [1.807, 2.05) is 6.07 Å². The van der Waals surface area contributed by atoms with Gasteiger partial charge in [0.05, 0.1) is 17.4 Å². The number of nitrogens with zero attached hydrogens (tertiary/aromatic N) is 6. The quantitative estimate of drug-likeness (QED) is 0.695. The zero-order chi connectivity index (χ0) is 18.2. The summed E-state index contributed by atoms with van der Waals surface area (Å²) in [6.45, 7) is 5.83. The van der Waals surface area contributed by atoms with Crippen molar-refractivity contribution in [2.75, 3.05) is 37.6 Å². The van der Waals surface area contributed by atoms with Crippen LogP contribution in [0.1, 0.15) is 24.5 Å². The maximum atomic E-state index is 13.3. The lowest BCUT2D eigenvalue weighted by Gasteiger charge is -2.35. The number of hydrogen-bond donors (Lipinski definition) is 0. The lowest BCUT2D eigenvalue weighted by atomic mass is 10.2. The third kappa shape index (κ3) is 3.51. The van der Waals surface area contributed by atoms with Crippen molar-refractivity contribution in [2.45, 2.75) is 25.3 Å². The van der Waals surface area contributed by atoms with Gasteiger partial charge in [-0.05, 0) is 25.0 Å². The summed E-state index contributed by atoms with van der Waals surface area (Å²) in [7, 11) is 0. The molecule has 1 saturated heterocycles. The lowest BCUT2D eigenvalue weighted by molar-refractivity contribution is 0.248. The summed E-state index contributed by atoms with van der Waals surface area (Å²) in [5, 5.41) is 0. The maximum Gasteiger partial charge on any atom is 0.132 e. The molecule has 5 rings (SSSR count). The van der Waals surface area contributed by atoms with Crippen LogP contribution in [-0.4, -0.2) is 57.1 Å². The SMILES string of the molecule is Fc1ccc2c(c1)ncn2CCN1CCN(c2cc(C3CC3)ncn2)CC1. The predicted octanol–water partition coefficient (Wildman–Crippen LogP) is 2.67. The average molecular weight is 366 g/mol. The van der Waals surface area contributed by atoms with Gasteiger partial charge in [-0.1, -0.05) is 0 Å². The van der Waals surface area contributed by atoms with E-state index in [4.69, 9.17) is 0 Å². The second-order valence-electron chi connectivity index (χ2n) is 7.48. The molecule has 1 saturated carbocycles. The van der Waals surface area contributed by atoms with E-state index in [0.29, 0.717) is 5.92 Å². The third-order valence-electron chi connectivity index (χ3n) is 5.61. The molecule has 2 aliphatic rings. The monoisotopic (exact) mass is 366 g/mol. The van der Waals surface area contributed by atoms with E-state index < -0.39 is 0 Å². The number of imidazole rings is 1. The van der Waals surface area contributed by atoms with Crippen LogP contribution in [0.25, 0.3) is 11.0 Å². The Morgan fingerprint density at radius 3 is 2.63 bits per heavy atom. The Kier molecular flexibility index (Phi) is 4.24. The van der Waals surface area contributed by atoms with Crippen molar-refractivity contribution in [2.24, 2.45) is 0 Å². The molecule has 140 valence electrons. The number of halogens is 1. The first-order valence-corrected chi connectivity index (χ1v) is 9.66. The molecule has 1 aromatic carbocycles. The fraction of sp³-hybridized carbons (Fsp3) is 0.450. The summed E-state index contributed by atoms with van der Waals surface area (Å²) < 4.78 is 15.4. The summed E-state index contributed by atoms with van der Waals surface area (Å²) in [6, 6.07) is 6.96. The molecule has 0 spiro atoms. The van der Waals surface area contributed by atoms with Gasteiger partial charge in [-0.2, -0.15) is 0 Å². The third-order valence-corrected chi connectivity index (χ3v) is 5.61. The molecule has 0 unspecified atom stereocenters. The van der Waals surface area contributed by atoms with Crippen LogP contribution in [0.15, 0.2) is 36.9 Å². The van der Waals surface area contributed by atoms with Gasteiger partial charge >= 0.3 is 0 Å². The first-order valence-electron chi connectivity index (χ1n) is 9.66. The lowest BCUT2D eigenvalue weighted by Crippen LogP contribution is -2.47. The zero-order valence-electron chi connectivity index (χ0n) is 15.3. The Balaban J connectivity index is 1.18. The Morgan fingerprint density at radius 2 is 1.81 bits per heavy atom. The minimum atomic E-state index is -0.238. The van der Waals surface area contributed by atoms with Gasteiger partial charge in [0, 0.05) is 63.0 Å². The Hall–Kier alpha value is -2.54. The van der Waals surface area contributed by atoms with Crippen LogP contribution < -0.4 is 4.90 Å². The van der Waals surface area contributed by atoms with E-state index in [0.717, 1.165) is 56.1 Å². The van der Waals surface area contributed by atoms with Crippen molar-refractivity contribution in [3.05, 3.63) is 48.4 Å². The normalized spacial score (nSPS) is 18.3. The average Bonchev–Trinajstić information content (AvgIpc) is 3.48. The van der Waals surface area contributed by atoms with Crippen LogP contribution in [0.5, 0.6) is 0 Å². The number of benzene rings is 1. The van der Waals surface area contributed by atoms with Crippen LogP contribution in [-0.2, 0) is 6.54 Å². The number of aromatic nitrogens is 4. The van der Waals surface area contributed by atoms with Crippen molar-refractivity contribution in [3.63, 3.8) is 0 Å². The highest BCUT2D eigenvalue weighted by atomic mass is 19.1. The molecule has 0 bridgehead atoms. The molecule has 27 heavy (non-hydrogen) atoms. The molecule has 0 atom stereocenters. The van der Waals surface area contributed by atoms with Crippen molar-refractivity contribution in [3.8, 4) is 0 Å². The van der Waals surface area contributed by atoms with Crippen LogP contribution >= 0.6 is 0 Å². The minimum absolute atomic E-state index is 0.238. The van der Waals surface area contributed by atoms with Crippen LogP contribution in [0.4, 0.5) is 10.2 Å².